The van der Waals surface area contributed by atoms with Crippen LogP contribution in [0.2, 0.25) is 0 Å². The summed E-state index contributed by atoms with van der Waals surface area (Å²) in [6.45, 7) is 4.64. The van der Waals surface area contributed by atoms with Crippen LogP contribution in [0.4, 0.5) is 4.79 Å². The molecule has 0 aliphatic carbocycles. The minimum absolute atomic E-state index is 0.156. The molecule has 3 fully saturated rings. The Morgan fingerprint density at radius 2 is 1.27 bits per heavy atom. The van der Waals surface area contributed by atoms with Crippen molar-refractivity contribution in [1.82, 2.24) is 0 Å². The van der Waals surface area contributed by atoms with E-state index in [1.54, 1.807) is 0 Å². The molecule has 0 aromatic heterocycles. The fourth-order valence-corrected chi connectivity index (χ4v) is 8.29. The number of nitrogens with zero attached hydrogens (tertiary/aromatic N) is 1. The summed E-state index contributed by atoms with van der Waals surface area (Å²) >= 11 is 0. The van der Waals surface area contributed by atoms with Crippen molar-refractivity contribution in [2.24, 2.45) is 0 Å². The zero-order valence-electron chi connectivity index (χ0n) is 27.3. The molecule has 246 valence electrons. The first-order valence-corrected chi connectivity index (χ1v) is 17.7. The van der Waals surface area contributed by atoms with E-state index in [-0.39, 0.29) is 6.10 Å². The Hall–Kier alpha value is -2.90. The van der Waals surface area contributed by atoms with Gasteiger partial charge in [0.25, 0.3) is 0 Å². The minimum atomic E-state index is -1.59. The Morgan fingerprint density at radius 1 is 0.733 bits per heavy atom. The summed E-state index contributed by atoms with van der Waals surface area (Å²) in [5.74, 6) is -0.467. The van der Waals surface area contributed by atoms with Crippen LogP contribution in [-0.4, -0.2) is 61.3 Å². The molecule has 2 atom stereocenters. The van der Waals surface area contributed by atoms with Gasteiger partial charge in [0.2, 0.25) is 5.60 Å². The van der Waals surface area contributed by atoms with Gasteiger partial charge in [-0.25, -0.2) is 9.59 Å². The summed E-state index contributed by atoms with van der Waals surface area (Å²) in [5.41, 5.74) is -0.319. The normalized spacial score (nSPS) is 21.9. The molecule has 7 heteroatoms. The van der Waals surface area contributed by atoms with Gasteiger partial charge < -0.3 is 23.4 Å². The molecule has 0 amide bonds. The first-order valence-electron chi connectivity index (χ1n) is 17.7. The Balaban J connectivity index is 1.19. The number of esters is 1. The van der Waals surface area contributed by atoms with Crippen molar-refractivity contribution >= 4 is 12.1 Å². The molecule has 7 nitrogen and oxygen atoms in total. The van der Waals surface area contributed by atoms with Crippen LogP contribution < -0.4 is 0 Å². The van der Waals surface area contributed by atoms with Gasteiger partial charge in [-0.05, 0) is 17.5 Å². The third-order valence-electron chi connectivity index (χ3n) is 10.6. The van der Waals surface area contributed by atoms with Crippen LogP contribution in [0.3, 0.4) is 0 Å². The summed E-state index contributed by atoms with van der Waals surface area (Å²) < 4.78 is 24.7. The number of benzene rings is 2. The predicted molar refractivity (Wildman–Crippen MR) is 174 cm³/mol. The fraction of sp³-hybridized carbons (Fsp3) is 0.632. The molecule has 2 aromatic carbocycles. The number of quaternary nitrogens is 1. The van der Waals surface area contributed by atoms with E-state index in [0.29, 0.717) is 29.8 Å². The Labute approximate surface area is 270 Å². The maximum Gasteiger partial charge on any atom is 0.510 e. The zero-order chi connectivity index (χ0) is 31.4. The van der Waals surface area contributed by atoms with E-state index in [1.807, 2.05) is 60.7 Å². The largest absolute Gasteiger partial charge is 0.510 e. The lowest BCUT2D eigenvalue weighted by atomic mass is 9.85. The molecule has 3 aliphatic heterocycles. The maximum absolute atomic E-state index is 14.4. The molecule has 3 saturated heterocycles. The van der Waals surface area contributed by atoms with E-state index in [4.69, 9.17) is 18.9 Å². The highest BCUT2D eigenvalue weighted by Gasteiger charge is 2.57. The van der Waals surface area contributed by atoms with E-state index >= 15 is 0 Å². The summed E-state index contributed by atoms with van der Waals surface area (Å²) in [4.78, 5) is 26.9. The second-order valence-corrected chi connectivity index (χ2v) is 13.4. The van der Waals surface area contributed by atoms with Crippen molar-refractivity contribution in [1.29, 1.82) is 0 Å². The third kappa shape index (κ3) is 8.10. The molecule has 45 heavy (non-hydrogen) atoms. The van der Waals surface area contributed by atoms with Crippen LogP contribution in [-0.2, 0) is 29.3 Å². The average molecular weight is 621 g/mol. The van der Waals surface area contributed by atoms with Crippen molar-refractivity contribution in [3.63, 3.8) is 0 Å². The minimum Gasteiger partial charge on any atom is -0.459 e. The van der Waals surface area contributed by atoms with Crippen molar-refractivity contribution < 1.29 is 33.0 Å². The second kappa shape index (κ2) is 16.6. The monoisotopic (exact) mass is 620 g/mol. The maximum atomic E-state index is 14.4. The number of carbonyl (C=O) groups excluding carboxylic acids is 2. The van der Waals surface area contributed by atoms with Gasteiger partial charge in [0.05, 0.1) is 31.8 Å². The molecule has 3 heterocycles. The number of ether oxygens (including phenoxy) is 4. The summed E-state index contributed by atoms with van der Waals surface area (Å²) in [6, 6.07) is 19.9. The van der Waals surface area contributed by atoms with Gasteiger partial charge in [-0.2, -0.15) is 0 Å². The van der Waals surface area contributed by atoms with Gasteiger partial charge in [0, 0.05) is 38.5 Å². The summed E-state index contributed by atoms with van der Waals surface area (Å²) in [6.07, 6.45) is 16.6. The van der Waals surface area contributed by atoms with Crippen LogP contribution in [0, 0.1) is 0 Å². The number of hydrogen-bond donors (Lipinski definition) is 0. The van der Waals surface area contributed by atoms with Crippen LogP contribution in [0.25, 0.3) is 0 Å². The Kier molecular flexibility index (Phi) is 12.3. The van der Waals surface area contributed by atoms with Gasteiger partial charge >= 0.3 is 12.1 Å². The second-order valence-electron chi connectivity index (χ2n) is 13.4. The molecule has 2 unspecified atom stereocenters. The molecule has 0 N–H and O–H groups in total. The smallest absolute Gasteiger partial charge is 0.459 e. The third-order valence-corrected chi connectivity index (χ3v) is 10.6. The molecule has 2 bridgehead atoms. The molecule has 0 saturated carbocycles. The molecular formula is C38H54NO6+. The van der Waals surface area contributed by atoms with E-state index in [1.165, 1.54) is 81.8 Å². The summed E-state index contributed by atoms with van der Waals surface area (Å²) in [7, 11) is 0. The lowest BCUT2D eigenvalue weighted by molar-refractivity contribution is -0.956. The number of carbonyl (C=O) groups is 2. The van der Waals surface area contributed by atoms with E-state index < -0.39 is 24.5 Å². The number of hydrogen-bond acceptors (Lipinski definition) is 6. The van der Waals surface area contributed by atoms with Crippen LogP contribution in [0.1, 0.15) is 114 Å². The van der Waals surface area contributed by atoms with E-state index in [0.717, 1.165) is 32.1 Å². The van der Waals surface area contributed by atoms with Crippen LogP contribution in [0.15, 0.2) is 60.7 Å². The van der Waals surface area contributed by atoms with Crippen LogP contribution in [0.5, 0.6) is 0 Å². The van der Waals surface area contributed by atoms with E-state index in [2.05, 4.69) is 6.92 Å². The first kappa shape index (κ1) is 33.5. The van der Waals surface area contributed by atoms with Gasteiger partial charge in [-0.3, -0.25) is 0 Å². The Bertz CT molecular complexity index is 1130. The topological polar surface area (TPSA) is 71.1 Å². The van der Waals surface area contributed by atoms with Gasteiger partial charge in [-0.15, -0.1) is 0 Å². The molecule has 0 radical (unpaired) electrons. The molecule has 5 rings (SSSR count). The average Bonchev–Trinajstić information content (AvgIpc) is 3.61. The Morgan fingerprint density at radius 3 is 1.82 bits per heavy atom. The molecule has 1 spiro atoms. The molecule has 2 aromatic rings. The highest BCUT2D eigenvalue weighted by molar-refractivity contribution is 5.86. The number of rotatable bonds is 17. The standard InChI is InChI=1S/C38H54NO6/c1-2-3-4-5-6-7-8-9-18-27-42-37(41)43-30-44-38(31-19-12-10-13-20-31,32-21-14-11-15-22-32)36(40)45-35-28-33-23-24-34(29-35)39(33)25-16-17-26-39/h10-15,19-22,33-35H,2-9,16-18,23-30H2,1H3/q+1. The predicted octanol–water partition coefficient (Wildman–Crippen LogP) is 8.44. The fourth-order valence-electron chi connectivity index (χ4n) is 8.29. The first-order chi connectivity index (χ1) is 22.1. The SMILES string of the molecule is CCCCCCCCCCCOC(=O)OCOC(C(=O)OC1CC2CCC(C1)[N+]21CCCC1)(c1ccccc1)c1ccccc1. The van der Waals surface area contributed by atoms with Crippen molar-refractivity contribution in [2.45, 2.75) is 127 Å². The van der Waals surface area contributed by atoms with Gasteiger partial charge in [0.1, 0.15) is 6.10 Å². The highest BCUT2D eigenvalue weighted by Crippen LogP contribution is 2.47. The van der Waals surface area contributed by atoms with E-state index in [9.17, 15) is 9.59 Å². The number of piperidine rings is 1. The van der Waals surface area contributed by atoms with Gasteiger partial charge in [-0.1, -0.05) is 119 Å². The lowest BCUT2D eigenvalue weighted by Gasteiger charge is -2.47. The van der Waals surface area contributed by atoms with Crippen molar-refractivity contribution in [3.8, 4) is 0 Å². The van der Waals surface area contributed by atoms with Crippen molar-refractivity contribution in [2.75, 3.05) is 26.5 Å². The quantitative estimate of drug-likeness (QED) is 0.0765. The van der Waals surface area contributed by atoms with Crippen LogP contribution >= 0.6 is 0 Å². The molecule has 3 aliphatic rings. The highest BCUT2D eigenvalue weighted by atomic mass is 16.8. The lowest BCUT2D eigenvalue weighted by Crippen LogP contribution is -2.60. The van der Waals surface area contributed by atoms with Gasteiger partial charge in [0.15, 0.2) is 6.79 Å². The zero-order valence-corrected chi connectivity index (χ0v) is 27.3. The van der Waals surface area contributed by atoms with Crippen molar-refractivity contribution in [3.05, 3.63) is 71.8 Å². The number of unbranched alkanes of at least 4 members (excludes halogenated alkanes) is 8. The summed E-state index contributed by atoms with van der Waals surface area (Å²) in [5, 5.41) is 0. The molecular weight excluding hydrogens is 566 g/mol.